The molecule has 2 aliphatic heterocycles. The number of nitrogens with one attached hydrogen (secondary N) is 1. The largest absolute Gasteiger partial charge is 0.494 e. The van der Waals surface area contributed by atoms with Crippen molar-refractivity contribution in [2.75, 3.05) is 26.3 Å². The Hall–Kier alpha value is -5.06. The second-order valence-electron chi connectivity index (χ2n) is 10.5. The van der Waals surface area contributed by atoms with Crippen LogP contribution in [0.2, 0.25) is 0 Å². The average molecular weight is 596 g/mol. The normalized spacial score (nSPS) is 19.3. The van der Waals surface area contributed by atoms with E-state index in [-0.39, 0.29) is 31.4 Å². The number of benzene rings is 3. The zero-order valence-electron chi connectivity index (χ0n) is 24.1. The minimum atomic E-state index is -1.53. The summed E-state index contributed by atoms with van der Waals surface area (Å²) in [6, 6.07) is 21.6. The van der Waals surface area contributed by atoms with E-state index in [4.69, 9.17) is 25.1 Å². The molecule has 0 radical (unpaired) electrons. The highest BCUT2D eigenvalue weighted by Gasteiger charge is 2.54. The van der Waals surface area contributed by atoms with Crippen molar-refractivity contribution in [3.8, 4) is 5.75 Å². The molecule has 0 aliphatic carbocycles. The van der Waals surface area contributed by atoms with Crippen molar-refractivity contribution in [1.82, 2.24) is 10.4 Å². The molecule has 2 heterocycles. The summed E-state index contributed by atoms with van der Waals surface area (Å²) in [4.78, 5) is 25.5. The molecule has 1 saturated heterocycles. The summed E-state index contributed by atoms with van der Waals surface area (Å²) in [5.41, 5.74) is 22.9. The van der Waals surface area contributed by atoms with Gasteiger partial charge in [-0.05, 0) is 59.3 Å². The van der Waals surface area contributed by atoms with Crippen LogP contribution in [-0.2, 0) is 22.5 Å². The minimum Gasteiger partial charge on any atom is -0.494 e. The van der Waals surface area contributed by atoms with E-state index in [1.165, 1.54) is 0 Å². The van der Waals surface area contributed by atoms with Crippen LogP contribution in [0.3, 0.4) is 0 Å². The van der Waals surface area contributed by atoms with Crippen LogP contribution in [0.4, 0.5) is 5.69 Å². The molecule has 0 spiro atoms. The zero-order chi connectivity index (χ0) is 30.8. The molecule has 1 fully saturated rings. The lowest BCUT2D eigenvalue weighted by molar-refractivity contribution is -0.133. The van der Waals surface area contributed by atoms with Gasteiger partial charge in [0.2, 0.25) is 5.90 Å². The summed E-state index contributed by atoms with van der Waals surface area (Å²) in [6.07, 6.45) is 1.59. The van der Waals surface area contributed by atoms with Crippen LogP contribution >= 0.6 is 0 Å². The number of aliphatic hydroxyl groups is 1. The molecule has 0 bridgehead atoms. The molecule has 44 heavy (non-hydrogen) atoms. The van der Waals surface area contributed by atoms with Crippen molar-refractivity contribution in [2.24, 2.45) is 15.2 Å². The Bertz CT molecular complexity index is 1590. The number of hydrogen-bond donors (Lipinski definition) is 2. The molecular weight excluding hydrogens is 562 g/mol. The Kier molecular flexibility index (Phi) is 9.96. The van der Waals surface area contributed by atoms with Crippen LogP contribution in [0, 0.1) is 0 Å². The Labute approximate surface area is 254 Å². The second-order valence-corrected chi connectivity index (χ2v) is 10.5. The number of amides is 1. The van der Waals surface area contributed by atoms with Gasteiger partial charge in [0.05, 0.1) is 13.2 Å². The lowest BCUT2D eigenvalue weighted by Gasteiger charge is -2.33. The average Bonchev–Trinajstić information content (AvgIpc) is 3.70. The summed E-state index contributed by atoms with van der Waals surface area (Å²) in [5.74, 6) is 0.505. The van der Waals surface area contributed by atoms with Crippen LogP contribution in [0.5, 0.6) is 5.75 Å². The maximum absolute atomic E-state index is 14.5. The molecule has 2 N–H and O–H groups in total. The highest BCUT2D eigenvalue weighted by molar-refractivity contribution is 6.01. The van der Waals surface area contributed by atoms with E-state index < -0.39 is 11.6 Å². The first-order chi connectivity index (χ1) is 21.6. The molecule has 0 saturated carbocycles. The van der Waals surface area contributed by atoms with Crippen molar-refractivity contribution in [3.05, 3.63) is 116 Å². The number of aliphatic imine (C=N–C) groups is 1. The molecule has 0 unspecified atom stereocenters. The van der Waals surface area contributed by atoms with E-state index >= 15 is 0 Å². The Morgan fingerprint density at radius 2 is 1.77 bits per heavy atom. The molecule has 2 atom stereocenters. The van der Waals surface area contributed by atoms with Crippen LogP contribution in [0.1, 0.15) is 47.6 Å². The van der Waals surface area contributed by atoms with Gasteiger partial charge in [-0.2, -0.15) is 0 Å². The van der Waals surface area contributed by atoms with Crippen molar-refractivity contribution >= 4 is 17.5 Å². The molecule has 13 heteroatoms. The van der Waals surface area contributed by atoms with Crippen LogP contribution < -0.4 is 10.2 Å². The van der Waals surface area contributed by atoms with Crippen molar-refractivity contribution in [3.63, 3.8) is 0 Å². The topological polar surface area (TPSA) is 181 Å². The van der Waals surface area contributed by atoms with Gasteiger partial charge in [0.15, 0.2) is 11.6 Å². The number of carbonyl (C=O) groups is 1. The van der Waals surface area contributed by atoms with Crippen LogP contribution in [0.15, 0.2) is 88.0 Å². The SMILES string of the molecule is [N-]=[N+]=NCc1ccccc1C[C@]1(C(=O)NN2CCCC2)N=C(c2ccc(OCCCO)cc2)O[C@H]1c1ccccc1N=[N+]=[N-]. The number of carbonyl (C=O) groups excluding carboxylic acids is 1. The third-order valence-corrected chi connectivity index (χ3v) is 7.65. The zero-order valence-corrected chi connectivity index (χ0v) is 24.1. The summed E-state index contributed by atoms with van der Waals surface area (Å²) in [5, 5.41) is 18.6. The van der Waals surface area contributed by atoms with Crippen molar-refractivity contribution in [2.45, 2.75) is 43.9 Å². The number of ether oxygens (including phenoxy) is 2. The van der Waals surface area contributed by atoms with E-state index in [1.807, 2.05) is 29.3 Å². The number of azide groups is 2. The van der Waals surface area contributed by atoms with E-state index in [2.05, 4.69) is 25.5 Å². The molecular formula is C31H33N9O4. The molecule has 226 valence electrons. The predicted octanol–water partition coefficient (Wildman–Crippen LogP) is 5.83. The third-order valence-electron chi connectivity index (χ3n) is 7.65. The highest BCUT2D eigenvalue weighted by Crippen LogP contribution is 2.45. The van der Waals surface area contributed by atoms with E-state index in [0.717, 1.165) is 24.0 Å². The number of hydrazine groups is 1. The Morgan fingerprint density at radius 3 is 2.50 bits per heavy atom. The number of hydrogen-bond acceptors (Lipinski definition) is 8. The fourth-order valence-corrected chi connectivity index (χ4v) is 5.46. The van der Waals surface area contributed by atoms with Crippen LogP contribution in [0.25, 0.3) is 20.9 Å². The fraction of sp³-hybridized carbons (Fsp3) is 0.355. The van der Waals surface area contributed by atoms with Gasteiger partial charge >= 0.3 is 0 Å². The van der Waals surface area contributed by atoms with E-state index in [9.17, 15) is 10.3 Å². The molecule has 3 aromatic rings. The Morgan fingerprint density at radius 1 is 1.05 bits per heavy atom. The fourth-order valence-electron chi connectivity index (χ4n) is 5.46. The first-order valence-corrected chi connectivity index (χ1v) is 14.5. The van der Waals surface area contributed by atoms with E-state index in [1.54, 1.807) is 48.5 Å². The molecule has 0 aromatic heterocycles. The first-order valence-electron chi connectivity index (χ1n) is 14.5. The van der Waals surface area contributed by atoms with Gasteiger partial charge in [-0.25, -0.2) is 10.0 Å². The van der Waals surface area contributed by atoms with Gasteiger partial charge < -0.3 is 14.6 Å². The van der Waals surface area contributed by atoms with Crippen molar-refractivity contribution < 1.29 is 19.4 Å². The summed E-state index contributed by atoms with van der Waals surface area (Å²) in [7, 11) is 0. The minimum absolute atomic E-state index is 0.0367. The monoisotopic (exact) mass is 595 g/mol. The molecule has 5 rings (SSSR count). The molecule has 13 nitrogen and oxygen atoms in total. The molecule has 2 aliphatic rings. The number of rotatable bonds is 13. The van der Waals surface area contributed by atoms with Gasteiger partial charge in [-0.3, -0.25) is 10.2 Å². The van der Waals surface area contributed by atoms with E-state index in [0.29, 0.717) is 48.7 Å². The smallest absolute Gasteiger partial charge is 0.266 e. The summed E-state index contributed by atoms with van der Waals surface area (Å²) < 4.78 is 12.3. The predicted molar refractivity (Wildman–Crippen MR) is 164 cm³/mol. The van der Waals surface area contributed by atoms with Gasteiger partial charge in [-0.15, -0.1) is 0 Å². The summed E-state index contributed by atoms with van der Waals surface area (Å²) >= 11 is 0. The maximum atomic E-state index is 14.5. The van der Waals surface area contributed by atoms with Gasteiger partial charge in [0, 0.05) is 59.2 Å². The maximum Gasteiger partial charge on any atom is 0.266 e. The van der Waals surface area contributed by atoms with Gasteiger partial charge in [0.1, 0.15) is 5.75 Å². The lowest BCUT2D eigenvalue weighted by Crippen LogP contribution is -2.54. The Balaban J connectivity index is 1.64. The first kappa shape index (κ1) is 30.4. The standard InChI is InChI=1S/C31H33N9O4/c32-38-34-21-24-9-2-1-8-23(24)20-31(30(42)37-40-16-5-6-17-40)28(26-10-3-4-11-27(26)36-39-33)44-29(35-31)22-12-14-25(15-13-22)43-19-7-18-41/h1-4,8-15,28,41H,5-7,16-21H2,(H,37,42)/t28-,31-/m0/s1. The quantitative estimate of drug-likeness (QED) is 0.109. The molecule has 1 amide bonds. The number of aliphatic hydroxyl groups excluding tert-OH is 1. The second kappa shape index (κ2) is 14.4. The van der Waals surface area contributed by atoms with Gasteiger partial charge in [-0.1, -0.05) is 58.8 Å². The third kappa shape index (κ3) is 6.77. The van der Waals surface area contributed by atoms with Crippen molar-refractivity contribution in [1.29, 1.82) is 0 Å². The van der Waals surface area contributed by atoms with Crippen LogP contribution in [-0.4, -0.2) is 53.8 Å². The summed E-state index contributed by atoms with van der Waals surface area (Å²) in [6.45, 7) is 1.94. The number of nitrogens with zero attached hydrogens (tertiary/aromatic N) is 8. The van der Waals surface area contributed by atoms with Gasteiger partial charge in [0.25, 0.3) is 5.91 Å². The lowest BCUT2D eigenvalue weighted by atomic mass is 9.80. The molecule has 3 aromatic carbocycles. The highest BCUT2D eigenvalue weighted by atomic mass is 16.5.